The molecule has 1 aromatic rings. The summed E-state index contributed by atoms with van der Waals surface area (Å²) in [4.78, 5) is 24.5. The quantitative estimate of drug-likeness (QED) is 0.837. The minimum atomic E-state index is -0.277. The number of carbonyl (C=O) groups is 2. The summed E-state index contributed by atoms with van der Waals surface area (Å²) in [6, 6.07) is 4.68. The fourth-order valence-electron chi connectivity index (χ4n) is 2.89. The minimum Gasteiger partial charge on any atom is -0.495 e. The van der Waals surface area contributed by atoms with Crippen molar-refractivity contribution in [1.29, 1.82) is 0 Å². The highest BCUT2D eigenvalue weighted by molar-refractivity contribution is 6.32. The average molecular weight is 340 g/mol. The number of halogens is 1. The van der Waals surface area contributed by atoms with E-state index in [9.17, 15) is 9.59 Å². The van der Waals surface area contributed by atoms with Crippen LogP contribution in [0.25, 0.3) is 0 Å². The lowest BCUT2D eigenvalue weighted by Gasteiger charge is -2.30. The second-order valence-corrected chi connectivity index (χ2v) is 5.98. The molecule has 1 N–H and O–H groups in total. The molecule has 0 aliphatic heterocycles. The minimum absolute atomic E-state index is 0.198. The molecule has 5 nitrogen and oxygen atoms in total. The molecule has 126 valence electrons. The molecular formula is C17H22ClNO4. The van der Waals surface area contributed by atoms with Crippen molar-refractivity contribution in [3.8, 4) is 5.75 Å². The van der Waals surface area contributed by atoms with Crippen LogP contribution in [0.3, 0.4) is 0 Å². The van der Waals surface area contributed by atoms with E-state index in [1.165, 1.54) is 7.11 Å². The van der Waals surface area contributed by atoms with Crippen molar-refractivity contribution in [2.24, 2.45) is 5.92 Å². The Kier molecular flexibility index (Phi) is 6.28. The first-order valence-corrected chi connectivity index (χ1v) is 8.25. The molecule has 2 atom stereocenters. The van der Waals surface area contributed by atoms with Crippen LogP contribution in [-0.4, -0.2) is 31.6 Å². The number of methoxy groups -OCH3 is 1. The molecule has 0 radical (unpaired) electrons. The number of esters is 1. The fourth-order valence-corrected chi connectivity index (χ4v) is 3.15. The molecule has 0 spiro atoms. The molecule has 0 aromatic heterocycles. The highest BCUT2D eigenvalue weighted by Crippen LogP contribution is 2.27. The first kappa shape index (κ1) is 17.6. The van der Waals surface area contributed by atoms with E-state index in [0.717, 1.165) is 25.7 Å². The van der Waals surface area contributed by atoms with Crippen LogP contribution < -0.4 is 10.1 Å². The van der Waals surface area contributed by atoms with Gasteiger partial charge in [0.1, 0.15) is 5.75 Å². The zero-order valence-corrected chi connectivity index (χ0v) is 14.2. The van der Waals surface area contributed by atoms with Crippen molar-refractivity contribution in [3.63, 3.8) is 0 Å². The summed E-state index contributed by atoms with van der Waals surface area (Å²) in [5.41, 5.74) is 0.448. The summed E-state index contributed by atoms with van der Waals surface area (Å²) < 4.78 is 10.2. The molecule has 1 aliphatic rings. The van der Waals surface area contributed by atoms with Gasteiger partial charge in [0.25, 0.3) is 5.91 Å². The van der Waals surface area contributed by atoms with Crippen LogP contribution in [0.5, 0.6) is 5.75 Å². The number of hydrogen-bond donors (Lipinski definition) is 1. The van der Waals surface area contributed by atoms with E-state index >= 15 is 0 Å². The molecule has 1 aliphatic carbocycles. The van der Waals surface area contributed by atoms with Gasteiger partial charge in [0.15, 0.2) is 0 Å². The highest BCUT2D eigenvalue weighted by atomic mass is 35.5. The lowest BCUT2D eigenvalue weighted by molar-refractivity contribution is -0.150. The van der Waals surface area contributed by atoms with Gasteiger partial charge >= 0.3 is 5.97 Å². The summed E-state index contributed by atoms with van der Waals surface area (Å²) in [6.45, 7) is 2.14. The number of rotatable bonds is 5. The lowest BCUT2D eigenvalue weighted by Crippen LogP contribution is -2.45. The maximum atomic E-state index is 12.4. The van der Waals surface area contributed by atoms with E-state index in [1.54, 1.807) is 25.1 Å². The van der Waals surface area contributed by atoms with Gasteiger partial charge in [-0.1, -0.05) is 24.4 Å². The Labute approximate surface area is 141 Å². The van der Waals surface area contributed by atoms with Crippen molar-refractivity contribution in [3.05, 3.63) is 28.8 Å². The second kappa shape index (κ2) is 8.20. The second-order valence-electron chi connectivity index (χ2n) is 5.57. The average Bonchev–Trinajstić information content (AvgIpc) is 2.55. The molecule has 1 amide bonds. The number of amides is 1. The predicted molar refractivity (Wildman–Crippen MR) is 87.8 cm³/mol. The van der Waals surface area contributed by atoms with E-state index in [4.69, 9.17) is 21.1 Å². The van der Waals surface area contributed by atoms with Crippen LogP contribution in [0.15, 0.2) is 18.2 Å². The Hall–Kier alpha value is -1.75. The summed E-state index contributed by atoms with van der Waals surface area (Å²) in [7, 11) is 1.52. The van der Waals surface area contributed by atoms with Gasteiger partial charge in [0.05, 0.1) is 24.7 Å². The van der Waals surface area contributed by atoms with Crippen molar-refractivity contribution < 1.29 is 19.1 Å². The van der Waals surface area contributed by atoms with Crippen molar-refractivity contribution in [2.75, 3.05) is 13.7 Å². The number of nitrogens with one attached hydrogen (secondary N) is 1. The first-order chi connectivity index (χ1) is 11.1. The molecule has 2 rings (SSSR count). The third-order valence-electron chi connectivity index (χ3n) is 4.09. The molecular weight excluding hydrogens is 318 g/mol. The Morgan fingerprint density at radius 3 is 2.70 bits per heavy atom. The van der Waals surface area contributed by atoms with Crippen LogP contribution in [0.2, 0.25) is 5.02 Å². The molecule has 0 unspecified atom stereocenters. The van der Waals surface area contributed by atoms with Gasteiger partial charge in [0, 0.05) is 11.6 Å². The van der Waals surface area contributed by atoms with Gasteiger partial charge in [-0.05, 0) is 38.0 Å². The molecule has 6 heteroatoms. The number of benzene rings is 1. The van der Waals surface area contributed by atoms with E-state index in [2.05, 4.69) is 5.32 Å². The van der Waals surface area contributed by atoms with Gasteiger partial charge in [-0.2, -0.15) is 0 Å². The molecule has 0 bridgehead atoms. The Balaban J connectivity index is 2.07. The van der Waals surface area contributed by atoms with Crippen molar-refractivity contribution in [2.45, 2.75) is 38.6 Å². The smallest absolute Gasteiger partial charge is 0.311 e. The third-order valence-corrected chi connectivity index (χ3v) is 4.38. The van der Waals surface area contributed by atoms with Crippen LogP contribution in [0.4, 0.5) is 0 Å². The molecule has 1 saturated carbocycles. The SMILES string of the molecule is CCOC(=O)[C@H]1CCCC[C@H]1NC(=O)c1ccc(OC)c(Cl)c1. The lowest BCUT2D eigenvalue weighted by atomic mass is 9.84. The molecule has 0 heterocycles. The Morgan fingerprint density at radius 2 is 2.04 bits per heavy atom. The summed E-state index contributed by atoms with van der Waals surface area (Å²) in [5.74, 6) is -0.229. The summed E-state index contributed by atoms with van der Waals surface area (Å²) >= 11 is 6.06. The number of carbonyl (C=O) groups excluding carboxylic acids is 2. The van der Waals surface area contributed by atoms with Gasteiger partial charge in [-0.15, -0.1) is 0 Å². The first-order valence-electron chi connectivity index (χ1n) is 7.87. The van der Waals surface area contributed by atoms with Gasteiger partial charge in [0.2, 0.25) is 0 Å². The number of ether oxygens (including phenoxy) is 2. The van der Waals surface area contributed by atoms with E-state index < -0.39 is 0 Å². The summed E-state index contributed by atoms with van der Waals surface area (Å²) in [6.07, 6.45) is 3.49. The van der Waals surface area contributed by atoms with Crippen LogP contribution in [0, 0.1) is 5.92 Å². The van der Waals surface area contributed by atoms with Crippen LogP contribution in [-0.2, 0) is 9.53 Å². The monoisotopic (exact) mass is 339 g/mol. The molecule has 1 fully saturated rings. The maximum absolute atomic E-state index is 12.4. The maximum Gasteiger partial charge on any atom is 0.311 e. The largest absolute Gasteiger partial charge is 0.495 e. The van der Waals surface area contributed by atoms with Gasteiger partial charge < -0.3 is 14.8 Å². The van der Waals surface area contributed by atoms with Crippen molar-refractivity contribution in [1.82, 2.24) is 5.32 Å². The zero-order chi connectivity index (χ0) is 16.8. The van der Waals surface area contributed by atoms with Crippen LogP contribution in [0.1, 0.15) is 43.0 Å². The fraction of sp³-hybridized carbons (Fsp3) is 0.529. The van der Waals surface area contributed by atoms with Crippen molar-refractivity contribution >= 4 is 23.5 Å². The third kappa shape index (κ3) is 4.38. The standard InChI is InChI=1S/C17H22ClNO4/c1-3-23-17(21)12-6-4-5-7-14(12)19-16(20)11-8-9-15(22-2)13(18)10-11/h8-10,12,14H,3-7H2,1-2H3,(H,19,20)/t12-,14+/m0/s1. The highest BCUT2D eigenvalue weighted by Gasteiger charge is 2.33. The summed E-state index contributed by atoms with van der Waals surface area (Å²) in [5, 5.41) is 3.33. The number of hydrogen-bond acceptors (Lipinski definition) is 4. The predicted octanol–water partition coefficient (Wildman–Crippen LogP) is 3.20. The van der Waals surface area contributed by atoms with Gasteiger partial charge in [-0.3, -0.25) is 9.59 Å². The Morgan fingerprint density at radius 1 is 1.30 bits per heavy atom. The Bertz CT molecular complexity index is 576. The molecule has 0 saturated heterocycles. The van der Waals surface area contributed by atoms with Gasteiger partial charge in [-0.25, -0.2) is 0 Å². The van der Waals surface area contributed by atoms with E-state index in [0.29, 0.717) is 22.9 Å². The molecule has 1 aromatic carbocycles. The zero-order valence-electron chi connectivity index (χ0n) is 13.4. The molecule has 23 heavy (non-hydrogen) atoms. The normalized spacial score (nSPS) is 20.7. The van der Waals surface area contributed by atoms with E-state index in [1.807, 2.05) is 0 Å². The van der Waals surface area contributed by atoms with Crippen LogP contribution >= 0.6 is 11.6 Å². The van der Waals surface area contributed by atoms with E-state index in [-0.39, 0.29) is 23.8 Å². The topological polar surface area (TPSA) is 64.6 Å².